The Morgan fingerprint density at radius 2 is 1.75 bits per heavy atom. The summed E-state index contributed by atoms with van der Waals surface area (Å²) < 4.78 is 0.885. The number of para-hydroxylation sites is 2. The lowest BCUT2D eigenvalue weighted by Gasteiger charge is -2.12. The number of nitro benzene ring substituents is 1. The van der Waals surface area contributed by atoms with Crippen molar-refractivity contribution in [1.29, 1.82) is 0 Å². The number of halogens is 2. The number of nitrogens with one attached hydrogen (secondary N) is 1. The topological polar surface area (TPSA) is 81.0 Å². The summed E-state index contributed by atoms with van der Waals surface area (Å²) >= 11 is 9.87. The fraction of sp³-hybridized carbons (Fsp3) is 0. The molecule has 4 rings (SSSR count). The number of hydrogen-bond acceptors (Lipinski definition) is 5. The highest BCUT2D eigenvalue weighted by atomic mass is 79.9. The summed E-state index contributed by atoms with van der Waals surface area (Å²) in [5.41, 5.74) is 2.34. The summed E-state index contributed by atoms with van der Waals surface area (Å²) in [6.45, 7) is 0. The monoisotopic (exact) mass is 454 g/mol. The Kier molecular flexibility index (Phi) is 4.93. The van der Waals surface area contributed by atoms with E-state index < -0.39 is 4.92 Å². The number of benzene rings is 3. The van der Waals surface area contributed by atoms with E-state index in [-0.39, 0.29) is 11.6 Å². The summed E-state index contributed by atoms with van der Waals surface area (Å²) in [5.74, 6) is 0.249. The van der Waals surface area contributed by atoms with E-state index in [1.165, 1.54) is 6.07 Å². The van der Waals surface area contributed by atoms with E-state index in [2.05, 4.69) is 31.2 Å². The predicted octanol–water partition coefficient (Wildman–Crippen LogP) is 6.36. The van der Waals surface area contributed by atoms with Crippen LogP contribution in [0, 0.1) is 10.1 Å². The van der Waals surface area contributed by atoms with Crippen LogP contribution in [0.4, 0.5) is 17.3 Å². The third-order valence-corrected chi connectivity index (χ3v) is 4.96. The van der Waals surface area contributed by atoms with Crippen molar-refractivity contribution in [3.05, 3.63) is 86.3 Å². The molecule has 0 bridgehead atoms. The summed E-state index contributed by atoms with van der Waals surface area (Å²) in [4.78, 5) is 20.0. The zero-order chi connectivity index (χ0) is 19.7. The molecule has 8 heteroatoms. The first kappa shape index (κ1) is 18.3. The molecular formula is C20H12BrClN4O2. The maximum absolute atomic E-state index is 11.3. The second kappa shape index (κ2) is 7.53. The first-order chi connectivity index (χ1) is 13.5. The molecule has 0 saturated carbocycles. The smallest absolute Gasteiger partial charge is 0.292 e. The molecule has 138 valence electrons. The number of fused-ring (bicyclic) bond motifs is 1. The van der Waals surface area contributed by atoms with E-state index in [1.807, 2.05) is 36.4 Å². The van der Waals surface area contributed by atoms with Crippen LogP contribution >= 0.6 is 27.5 Å². The van der Waals surface area contributed by atoms with Gasteiger partial charge in [0.1, 0.15) is 5.69 Å². The maximum Gasteiger partial charge on any atom is 0.292 e. The van der Waals surface area contributed by atoms with Crippen LogP contribution in [-0.2, 0) is 0 Å². The second-order valence-electron chi connectivity index (χ2n) is 5.94. The van der Waals surface area contributed by atoms with Gasteiger partial charge in [-0.1, -0.05) is 57.9 Å². The third-order valence-electron chi connectivity index (χ3n) is 4.13. The predicted molar refractivity (Wildman–Crippen MR) is 114 cm³/mol. The van der Waals surface area contributed by atoms with Crippen molar-refractivity contribution in [2.75, 3.05) is 5.32 Å². The molecule has 1 heterocycles. The molecule has 0 unspecified atom stereocenters. The van der Waals surface area contributed by atoms with Gasteiger partial charge in [0.2, 0.25) is 5.95 Å². The third kappa shape index (κ3) is 3.54. The largest absolute Gasteiger partial charge is 0.318 e. The van der Waals surface area contributed by atoms with Gasteiger partial charge in [-0.2, -0.15) is 0 Å². The molecule has 0 aliphatic carbocycles. The zero-order valence-electron chi connectivity index (χ0n) is 14.3. The fourth-order valence-corrected chi connectivity index (χ4v) is 3.46. The number of nitro groups is 1. The van der Waals surface area contributed by atoms with E-state index in [1.54, 1.807) is 24.3 Å². The van der Waals surface area contributed by atoms with Gasteiger partial charge in [-0.05, 0) is 30.3 Å². The van der Waals surface area contributed by atoms with Gasteiger partial charge in [-0.15, -0.1) is 0 Å². The molecule has 0 aliphatic heterocycles. The molecule has 0 atom stereocenters. The van der Waals surface area contributed by atoms with E-state index in [4.69, 9.17) is 11.6 Å². The van der Waals surface area contributed by atoms with Crippen molar-refractivity contribution in [2.24, 2.45) is 0 Å². The minimum Gasteiger partial charge on any atom is -0.318 e. The molecule has 4 aromatic rings. The quantitative estimate of drug-likeness (QED) is 0.286. The van der Waals surface area contributed by atoms with Gasteiger partial charge >= 0.3 is 0 Å². The normalized spacial score (nSPS) is 10.8. The average molecular weight is 456 g/mol. The van der Waals surface area contributed by atoms with Crippen LogP contribution in [0.2, 0.25) is 5.02 Å². The van der Waals surface area contributed by atoms with Crippen molar-refractivity contribution >= 4 is 55.8 Å². The number of rotatable bonds is 4. The highest BCUT2D eigenvalue weighted by molar-refractivity contribution is 9.10. The second-order valence-corrected chi connectivity index (χ2v) is 7.26. The lowest BCUT2D eigenvalue weighted by molar-refractivity contribution is -0.383. The molecule has 0 amide bonds. The van der Waals surface area contributed by atoms with Gasteiger partial charge in [0, 0.05) is 26.5 Å². The molecule has 0 fully saturated rings. The lowest BCUT2D eigenvalue weighted by Crippen LogP contribution is -2.02. The van der Waals surface area contributed by atoms with Gasteiger partial charge in [0.15, 0.2) is 0 Å². The SMILES string of the molecule is O=[N+]([O-])c1ccccc1Nc1nc(-c2ccccc2Cl)c2cc(Br)ccc2n1. The highest BCUT2D eigenvalue weighted by Gasteiger charge is 2.16. The van der Waals surface area contributed by atoms with Crippen LogP contribution in [-0.4, -0.2) is 14.9 Å². The van der Waals surface area contributed by atoms with Gasteiger partial charge in [0.05, 0.1) is 16.1 Å². The number of nitrogens with zero attached hydrogens (tertiary/aromatic N) is 3. The van der Waals surface area contributed by atoms with E-state index in [0.717, 1.165) is 15.4 Å². The van der Waals surface area contributed by atoms with Gasteiger partial charge in [-0.3, -0.25) is 10.1 Å². The summed E-state index contributed by atoms with van der Waals surface area (Å²) in [5, 5.41) is 15.6. The number of aromatic nitrogens is 2. The van der Waals surface area contributed by atoms with Gasteiger partial charge in [0.25, 0.3) is 5.69 Å². The number of hydrogen-bond donors (Lipinski definition) is 1. The molecule has 28 heavy (non-hydrogen) atoms. The van der Waals surface area contributed by atoms with Crippen LogP contribution in [0.1, 0.15) is 0 Å². The molecule has 3 aromatic carbocycles. The zero-order valence-corrected chi connectivity index (χ0v) is 16.6. The van der Waals surface area contributed by atoms with Crippen molar-refractivity contribution in [2.45, 2.75) is 0 Å². The molecule has 6 nitrogen and oxygen atoms in total. The molecule has 0 spiro atoms. The first-order valence-electron chi connectivity index (χ1n) is 8.25. The standard InChI is InChI=1S/C20H12BrClN4O2/c21-12-9-10-16-14(11-12)19(13-5-1-2-6-15(13)22)25-20(23-16)24-17-7-3-4-8-18(17)26(27)28/h1-11H,(H,23,24,25). The Morgan fingerprint density at radius 3 is 2.54 bits per heavy atom. The van der Waals surface area contributed by atoms with Crippen LogP contribution in [0.25, 0.3) is 22.2 Å². The van der Waals surface area contributed by atoms with Crippen molar-refractivity contribution in [1.82, 2.24) is 9.97 Å². The first-order valence-corrected chi connectivity index (χ1v) is 9.42. The van der Waals surface area contributed by atoms with Crippen LogP contribution < -0.4 is 5.32 Å². The minimum absolute atomic E-state index is 0.0544. The molecule has 1 N–H and O–H groups in total. The van der Waals surface area contributed by atoms with E-state index in [9.17, 15) is 10.1 Å². The Hall–Kier alpha value is -3.03. The molecule has 1 aromatic heterocycles. The average Bonchev–Trinajstić information content (AvgIpc) is 2.68. The molecule has 0 radical (unpaired) electrons. The van der Waals surface area contributed by atoms with E-state index >= 15 is 0 Å². The van der Waals surface area contributed by atoms with Crippen molar-refractivity contribution in [3.8, 4) is 11.3 Å². The van der Waals surface area contributed by atoms with Gasteiger partial charge in [-0.25, -0.2) is 9.97 Å². The van der Waals surface area contributed by atoms with E-state index in [0.29, 0.717) is 21.9 Å². The fourth-order valence-electron chi connectivity index (χ4n) is 2.87. The minimum atomic E-state index is -0.449. The Bertz CT molecular complexity index is 1220. The molecule has 0 aliphatic rings. The molecule has 0 saturated heterocycles. The van der Waals surface area contributed by atoms with Crippen molar-refractivity contribution < 1.29 is 4.92 Å². The summed E-state index contributed by atoms with van der Waals surface area (Å²) in [6, 6.07) is 19.4. The van der Waals surface area contributed by atoms with Crippen LogP contribution in [0.5, 0.6) is 0 Å². The lowest BCUT2D eigenvalue weighted by atomic mass is 10.1. The Balaban J connectivity index is 1.91. The Labute approximate surface area is 173 Å². The number of anilines is 2. The van der Waals surface area contributed by atoms with Crippen LogP contribution in [0.15, 0.2) is 71.2 Å². The maximum atomic E-state index is 11.3. The highest BCUT2D eigenvalue weighted by Crippen LogP contribution is 2.34. The van der Waals surface area contributed by atoms with Crippen LogP contribution in [0.3, 0.4) is 0 Å². The summed E-state index contributed by atoms with van der Waals surface area (Å²) in [7, 11) is 0. The Morgan fingerprint density at radius 1 is 1.00 bits per heavy atom. The van der Waals surface area contributed by atoms with Crippen molar-refractivity contribution in [3.63, 3.8) is 0 Å². The van der Waals surface area contributed by atoms with Gasteiger partial charge < -0.3 is 5.32 Å². The summed E-state index contributed by atoms with van der Waals surface area (Å²) in [6.07, 6.45) is 0. The molecular weight excluding hydrogens is 444 g/mol.